The van der Waals surface area contributed by atoms with E-state index in [9.17, 15) is 24.0 Å². The minimum absolute atomic E-state index is 0.0243. The van der Waals surface area contributed by atoms with Crippen LogP contribution < -0.4 is 0 Å². The highest BCUT2D eigenvalue weighted by Gasteiger charge is 2.32. The van der Waals surface area contributed by atoms with Gasteiger partial charge in [-0.3, -0.25) is 19.2 Å². The van der Waals surface area contributed by atoms with Gasteiger partial charge >= 0.3 is 5.97 Å². The van der Waals surface area contributed by atoms with Crippen LogP contribution >= 0.6 is 22.6 Å². The first-order chi connectivity index (χ1) is 41.4. The number of ether oxygens (including phenoxy) is 15. The van der Waals surface area contributed by atoms with Gasteiger partial charge in [-0.05, 0) is 69.9 Å². The fraction of sp³-hybridized carbons (Fsp3) is 0.691. The fourth-order valence-corrected chi connectivity index (χ4v) is 7.26. The minimum atomic E-state index is -0.703. The van der Waals surface area contributed by atoms with Crippen LogP contribution in [0.25, 0.3) is 22.1 Å². The molecule has 0 unspecified atom stereocenters. The fourth-order valence-electron chi connectivity index (χ4n) is 6.95. The van der Waals surface area contributed by atoms with Crippen molar-refractivity contribution in [3.05, 3.63) is 47.5 Å². The molecule has 0 bridgehead atoms. The molecule has 0 aliphatic carbocycles. The summed E-state index contributed by atoms with van der Waals surface area (Å²) in [7, 11) is 0. The predicted octanol–water partition coefficient (Wildman–Crippen LogP) is 4.05. The lowest BCUT2D eigenvalue weighted by molar-refractivity contribution is -0.198. The third kappa shape index (κ3) is 35.1. The maximum atomic E-state index is 12.3. The topological polar surface area (TPSA) is 314 Å². The summed E-state index contributed by atoms with van der Waals surface area (Å²) < 4.78 is 91.7. The Morgan fingerprint density at radius 2 is 0.643 bits per heavy atom. The number of Topliss-reactive ketones (excluding diaryl/α,β-unsaturated/α-hetero) is 2. The molecule has 0 radical (unpaired) electrons. The zero-order valence-electron chi connectivity index (χ0n) is 47.8. The lowest BCUT2D eigenvalue weighted by Crippen LogP contribution is -2.32. The average molecular weight is 1310 g/mol. The summed E-state index contributed by atoms with van der Waals surface area (Å²) in [4.78, 5) is 63.7. The molecule has 0 saturated carbocycles. The van der Waals surface area contributed by atoms with Gasteiger partial charge in [0.2, 0.25) is 0 Å². The van der Waals surface area contributed by atoms with Crippen LogP contribution in [0.2, 0.25) is 0 Å². The monoisotopic (exact) mass is 1310 g/mol. The van der Waals surface area contributed by atoms with Crippen LogP contribution in [-0.4, -0.2) is 258 Å². The Morgan fingerprint density at radius 1 is 0.369 bits per heavy atom. The van der Waals surface area contributed by atoms with Crippen molar-refractivity contribution >= 4 is 74.0 Å². The molecule has 0 spiro atoms. The van der Waals surface area contributed by atoms with Gasteiger partial charge in [0.05, 0.1) is 191 Å². The van der Waals surface area contributed by atoms with Gasteiger partial charge in [-0.1, -0.05) is 22.6 Å². The van der Waals surface area contributed by atoms with Gasteiger partial charge in [0.25, 0.3) is 11.8 Å². The molecule has 1 aliphatic rings. The number of alkyl halides is 1. The largest absolute Gasteiger partial charge is 0.379 e. The highest BCUT2D eigenvalue weighted by Crippen LogP contribution is 2.16. The number of nitrogens with zero attached hydrogens (tertiary/aromatic N) is 5. The molecule has 1 fully saturated rings. The number of benzene rings is 2. The van der Waals surface area contributed by atoms with Crippen LogP contribution in [-0.2, 0) is 90.3 Å². The minimum Gasteiger partial charge on any atom is -0.379 e. The Hall–Kier alpha value is -4.68. The number of carbonyl (C=O) groups excluding carboxylic acids is 5. The highest BCUT2D eigenvalue weighted by molar-refractivity contribution is 14.1. The van der Waals surface area contributed by atoms with Crippen LogP contribution in [0.1, 0.15) is 65.7 Å². The summed E-state index contributed by atoms with van der Waals surface area (Å²) in [6.45, 7) is 14.1. The molecule has 28 nitrogen and oxygen atoms in total. The van der Waals surface area contributed by atoms with Crippen molar-refractivity contribution in [2.45, 2.75) is 44.9 Å². The number of halogens is 1. The maximum Gasteiger partial charge on any atom is 0.335 e. The lowest BCUT2D eigenvalue weighted by atomic mass is 10.1. The summed E-state index contributed by atoms with van der Waals surface area (Å²) in [5.74, 6) is -1.66. The molecule has 2 aromatic carbocycles. The molecule has 1 aliphatic heterocycles. The smallest absolute Gasteiger partial charge is 0.335 e. The van der Waals surface area contributed by atoms with Crippen LogP contribution in [0.4, 0.5) is 0 Å². The Morgan fingerprint density at radius 3 is 0.952 bits per heavy atom. The third-order valence-corrected chi connectivity index (χ3v) is 11.7. The van der Waals surface area contributed by atoms with Crippen LogP contribution in [0, 0.1) is 0 Å². The number of rotatable bonds is 55. The molecule has 2 amide bonds. The normalized spacial score (nSPS) is 12.5. The SMILES string of the molecule is O=C(CCCOCCOCCOCCOCCOCCOCCOCCI)c1ccc2nonc2c1.O=C(CCOCCOCCOCCOCCOCCOCCOCCOCCCC(=O)c1ccc2nonc2c1)ON1C(=O)CCC1=O. The maximum absolute atomic E-state index is 12.3. The molecule has 5 rings (SSSR count). The van der Waals surface area contributed by atoms with E-state index >= 15 is 0 Å². The van der Waals surface area contributed by atoms with Gasteiger partial charge in [0.15, 0.2) is 11.6 Å². The summed E-state index contributed by atoms with van der Waals surface area (Å²) in [5.41, 5.74) is 3.59. The van der Waals surface area contributed by atoms with Crippen LogP contribution in [0.15, 0.2) is 45.7 Å². The first kappa shape index (κ1) is 71.8. The van der Waals surface area contributed by atoms with Crippen molar-refractivity contribution in [2.24, 2.45) is 0 Å². The van der Waals surface area contributed by atoms with E-state index in [0.717, 1.165) is 11.0 Å². The van der Waals surface area contributed by atoms with Crippen molar-refractivity contribution in [3.8, 4) is 0 Å². The molecule has 4 aromatic rings. The van der Waals surface area contributed by atoms with Crippen molar-refractivity contribution in [2.75, 3.05) is 203 Å². The number of hydrogen-bond acceptors (Lipinski definition) is 27. The second kappa shape index (κ2) is 49.4. The Bertz CT molecular complexity index is 2330. The summed E-state index contributed by atoms with van der Waals surface area (Å²) in [6.07, 6.45) is 2.08. The molecule has 29 heteroatoms. The Balaban J connectivity index is 0.000000376. The summed E-state index contributed by atoms with van der Waals surface area (Å²) in [6, 6.07) is 10.3. The Kier molecular flexibility index (Phi) is 42.3. The molecule has 3 heterocycles. The summed E-state index contributed by atoms with van der Waals surface area (Å²) >= 11 is 2.27. The van der Waals surface area contributed by atoms with Gasteiger partial charge in [0.1, 0.15) is 22.1 Å². The number of carbonyl (C=O) groups is 5. The van der Waals surface area contributed by atoms with Crippen molar-refractivity contribution in [1.82, 2.24) is 25.7 Å². The third-order valence-electron chi connectivity index (χ3n) is 11.2. The number of fused-ring (bicyclic) bond motifs is 2. The van der Waals surface area contributed by atoms with E-state index in [4.69, 9.17) is 75.9 Å². The molecule has 472 valence electrons. The molecule has 84 heavy (non-hydrogen) atoms. The van der Waals surface area contributed by atoms with Gasteiger partial charge in [0, 0.05) is 54.5 Å². The zero-order chi connectivity index (χ0) is 59.6. The molecule has 0 N–H and O–H groups in total. The van der Waals surface area contributed by atoms with Gasteiger partial charge in [-0.15, -0.1) is 5.06 Å². The quantitative estimate of drug-likeness (QED) is 0.0198. The lowest BCUT2D eigenvalue weighted by Gasteiger charge is -2.12. The molecule has 2 aromatic heterocycles. The Labute approximate surface area is 501 Å². The van der Waals surface area contributed by atoms with E-state index in [2.05, 4.69) is 52.5 Å². The van der Waals surface area contributed by atoms with E-state index in [1.54, 1.807) is 36.4 Å². The summed E-state index contributed by atoms with van der Waals surface area (Å²) in [5, 5.41) is 15.5. The first-order valence-corrected chi connectivity index (χ1v) is 29.7. The number of hydroxylamine groups is 2. The van der Waals surface area contributed by atoms with Gasteiger partial charge in [-0.25, -0.2) is 14.1 Å². The second-order valence-corrected chi connectivity index (χ2v) is 18.7. The van der Waals surface area contributed by atoms with Gasteiger partial charge < -0.3 is 75.9 Å². The number of hydrogen-bond donors (Lipinski definition) is 0. The van der Waals surface area contributed by atoms with Crippen LogP contribution in [0.5, 0.6) is 0 Å². The number of imide groups is 1. The highest BCUT2D eigenvalue weighted by atomic mass is 127. The van der Waals surface area contributed by atoms with Crippen LogP contribution in [0.3, 0.4) is 0 Å². The molecular formula is C55H82IN5O23. The van der Waals surface area contributed by atoms with Crippen molar-refractivity contribution in [1.29, 1.82) is 0 Å². The predicted molar refractivity (Wildman–Crippen MR) is 304 cm³/mol. The number of ketones is 2. The van der Waals surface area contributed by atoms with Crippen molar-refractivity contribution in [3.63, 3.8) is 0 Å². The van der Waals surface area contributed by atoms with Gasteiger partial charge in [-0.2, -0.15) is 0 Å². The molecule has 0 atom stereocenters. The average Bonchev–Trinajstić information content (AvgIpc) is 4.32. The zero-order valence-corrected chi connectivity index (χ0v) is 50.0. The standard InChI is InChI=1S/C31H45N3O14.C24H37IN2O9/c35-28(25-3-4-26-27(24-25)33-48-32-26)2-1-8-39-10-12-41-14-16-43-18-20-45-22-23-46-21-19-44-17-15-42-13-11-40-9-7-31(38)47-34-29(36)5-6-30(34)37;25-5-7-30-9-11-32-13-15-34-17-19-35-18-16-33-14-12-31-10-8-29-6-1-2-24(28)21-3-4-22-23(20-21)27-36-26-22/h3-4,24H,1-2,5-23H2;3-4,20H,1-2,5-19H2. The molecule has 1 saturated heterocycles. The van der Waals surface area contributed by atoms with E-state index in [0.29, 0.717) is 242 Å². The number of aromatic nitrogens is 4. The first-order valence-electron chi connectivity index (χ1n) is 28.2. The van der Waals surface area contributed by atoms with E-state index < -0.39 is 17.8 Å². The second-order valence-electron chi connectivity index (χ2n) is 17.7. The van der Waals surface area contributed by atoms with Crippen molar-refractivity contribution < 1.29 is 109 Å². The van der Waals surface area contributed by atoms with E-state index in [1.165, 1.54) is 0 Å². The number of amides is 2. The van der Waals surface area contributed by atoms with E-state index in [-0.39, 0.29) is 44.0 Å². The van der Waals surface area contributed by atoms with E-state index in [1.807, 2.05) is 0 Å². The molecular weight excluding hydrogens is 1230 g/mol.